The minimum Gasteiger partial charge on any atom is -0.506 e. The molecule has 1 heterocycles. The first-order valence-corrected chi connectivity index (χ1v) is 9.17. The van der Waals surface area contributed by atoms with Gasteiger partial charge in [0.25, 0.3) is 0 Å². The summed E-state index contributed by atoms with van der Waals surface area (Å²) < 4.78 is 0. The van der Waals surface area contributed by atoms with Gasteiger partial charge >= 0.3 is 0 Å². The molecule has 0 aliphatic heterocycles. The van der Waals surface area contributed by atoms with Crippen LogP contribution in [0.15, 0.2) is 42.6 Å². The fraction of sp³-hybridized carbons (Fsp3) is 0.400. The van der Waals surface area contributed by atoms with Crippen molar-refractivity contribution in [2.75, 3.05) is 0 Å². The molecule has 0 radical (unpaired) electrons. The molecule has 132 valence electrons. The van der Waals surface area contributed by atoms with Crippen LogP contribution in [0.3, 0.4) is 0 Å². The van der Waals surface area contributed by atoms with E-state index < -0.39 is 0 Å². The number of aromatic hydroxyl groups is 1. The van der Waals surface area contributed by atoms with Crippen molar-refractivity contribution in [2.45, 2.75) is 50.5 Å². The van der Waals surface area contributed by atoms with Gasteiger partial charge in [0.2, 0.25) is 5.91 Å². The molecular formula is C20H23ClN2O2. The van der Waals surface area contributed by atoms with Gasteiger partial charge in [-0.2, -0.15) is 0 Å². The number of pyridine rings is 1. The topological polar surface area (TPSA) is 62.2 Å². The molecular weight excluding hydrogens is 336 g/mol. The van der Waals surface area contributed by atoms with Gasteiger partial charge in [-0.25, -0.2) is 0 Å². The van der Waals surface area contributed by atoms with Crippen LogP contribution in [0.25, 0.3) is 0 Å². The van der Waals surface area contributed by atoms with Gasteiger partial charge in [0, 0.05) is 29.1 Å². The number of aromatic nitrogens is 1. The highest BCUT2D eigenvalue weighted by Crippen LogP contribution is 2.32. The zero-order chi connectivity index (χ0) is 17.6. The zero-order valence-electron chi connectivity index (χ0n) is 14.1. The van der Waals surface area contributed by atoms with Crippen molar-refractivity contribution in [1.29, 1.82) is 0 Å². The largest absolute Gasteiger partial charge is 0.506 e. The van der Waals surface area contributed by atoms with Crippen LogP contribution in [0.5, 0.6) is 5.75 Å². The molecule has 0 atom stereocenters. The Hall–Kier alpha value is -2.07. The van der Waals surface area contributed by atoms with Crippen LogP contribution in [0.4, 0.5) is 0 Å². The van der Waals surface area contributed by atoms with Crippen molar-refractivity contribution in [3.63, 3.8) is 0 Å². The van der Waals surface area contributed by atoms with Gasteiger partial charge in [-0.1, -0.05) is 29.8 Å². The summed E-state index contributed by atoms with van der Waals surface area (Å²) >= 11 is 6.13. The van der Waals surface area contributed by atoms with Crippen molar-refractivity contribution in [1.82, 2.24) is 10.3 Å². The Kier molecular flexibility index (Phi) is 5.92. The van der Waals surface area contributed by atoms with Gasteiger partial charge in [0.15, 0.2) is 0 Å². The molecule has 0 bridgehead atoms. The molecule has 4 nitrogen and oxygen atoms in total. The second kappa shape index (κ2) is 8.34. The second-order valence-electron chi connectivity index (χ2n) is 6.65. The number of nitrogens with one attached hydrogen (secondary N) is 1. The Labute approximate surface area is 153 Å². The lowest BCUT2D eigenvalue weighted by Gasteiger charge is -2.28. The van der Waals surface area contributed by atoms with E-state index in [0.717, 1.165) is 42.0 Å². The summed E-state index contributed by atoms with van der Waals surface area (Å²) in [6.07, 6.45) is 6.57. The zero-order valence-corrected chi connectivity index (χ0v) is 14.9. The van der Waals surface area contributed by atoms with Gasteiger partial charge < -0.3 is 10.4 Å². The number of amides is 1. The smallest absolute Gasteiger partial charge is 0.220 e. The first kappa shape index (κ1) is 17.7. The normalized spacial score (nSPS) is 20.2. The maximum absolute atomic E-state index is 12.2. The third kappa shape index (κ3) is 4.95. The lowest BCUT2D eigenvalue weighted by Crippen LogP contribution is -2.37. The standard InChI is InChI=1S/C20H23ClN2O2/c21-18-4-2-1-3-14(18)7-12-20(25)23-16-8-5-15(6-9-16)19-11-10-17(24)13-22-19/h1-4,10-11,13,15-16,24H,5-9,12H2,(H,23,25)/t15-,16-. The maximum atomic E-state index is 12.2. The Morgan fingerprint density at radius 1 is 1.16 bits per heavy atom. The first-order valence-electron chi connectivity index (χ1n) is 8.79. The Morgan fingerprint density at radius 2 is 1.92 bits per heavy atom. The molecule has 1 saturated carbocycles. The van der Waals surface area contributed by atoms with E-state index in [0.29, 0.717) is 18.8 Å². The predicted octanol–water partition coefficient (Wildman–Crippen LogP) is 4.22. The number of benzene rings is 1. The van der Waals surface area contributed by atoms with Crippen molar-refractivity contribution in [2.24, 2.45) is 0 Å². The van der Waals surface area contributed by atoms with Crippen LogP contribution in [0.1, 0.15) is 49.3 Å². The molecule has 1 fully saturated rings. The number of aryl methyl sites for hydroxylation is 1. The quantitative estimate of drug-likeness (QED) is 0.841. The van der Waals surface area contributed by atoms with Crippen LogP contribution in [-0.4, -0.2) is 22.0 Å². The number of carbonyl (C=O) groups is 1. The van der Waals surface area contributed by atoms with Crippen LogP contribution >= 0.6 is 11.6 Å². The van der Waals surface area contributed by atoms with E-state index in [1.807, 2.05) is 30.3 Å². The lowest BCUT2D eigenvalue weighted by atomic mass is 9.84. The maximum Gasteiger partial charge on any atom is 0.220 e. The fourth-order valence-electron chi connectivity index (χ4n) is 3.42. The van der Waals surface area contributed by atoms with Crippen LogP contribution in [-0.2, 0) is 11.2 Å². The SMILES string of the molecule is O=C(CCc1ccccc1Cl)N[C@H]1CC[C@H](c2ccc(O)cn2)CC1. The molecule has 0 spiro atoms. The molecule has 2 aromatic rings. The van der Waals surface area contributed by atoms with Crippen LogP contribution in [0.2, 0.25) is 5.02 Å². The number of halogens is 1. The fourth-order valence-corrected chi connectivity index (χ4v) is 3.65. The molecule has 3 rings (SSSR count). The van der Waals surface area contributed by atoms with Crippen molar-refractivity contribution >= 4 is 17.5 Å². The van der Waals surface area contributed by atoms with Gasteiger partial charge in [-0.3, -0.25) is 9.78 Å². The van der Waals surface area contributed by atoms with E-state index in [1.54, 1.807) is 6.07 Å². The molecule has 2 N–H and O–H groups in total. The number of nitrogens with zero attached hydrogens (tertiary/aromatic N) is 1. The summed E-state index contributed by atoms with van der Waals surface area (Å²) in [5.74, 6) is 0.700. The predicted molar refractivity (Wildman–Crippen MR) is 98.8 cm³/mol. The highest BCUT2D eigenvalue weighted by molar-refractivity contribution is 6.31. The van der Waals surface area contributed by atoms with E-state index in [4.69, 9.17) is 11.6 Å². The van der Waals surface area contributed by atoms with Crippen molar-refractivity contribution < 1.29 is 9.90 Å². The highest BCUT2D eigenvalue weighted by Gasteiger charge is 2.24. The molecule has 1 aliphatic rings. The summed E-state index contributed by atoms with van der Waals surface area (Å²) in [6.45, 7) is 0. The third-order valence-electron chi connectivity index (χ3n) is 4.86. The Balaban J connectivity index is 1.43. The number of hydrogen-bond donors (Lipinski definition) is 2. The average Bonchev–Trinajstić information content (AvgIpc) is 2.62. The van der Waals surface area contributed by atoms with E-state index in [9.17, 15) is 9.90 Å². The lowest BCUT2D eigenvalue weighted by molar-refractivity contribution is -0.122. The third-order valence-corrected chi connectivity index (χ3v) is 5.23. The molecule has 5 heteroatoms. The Morgan fingerprint density at radius 3 is 2.60 bits per heavy atom. The second-order valence-corrected chi connectivity index (χ2v) is 7.06. The summed E-state index contributed by atoms with van der Waals surface area (Å²) in [5.41, 5.74) is 2.04. The van der Waals surface area contributed by atoms with Crippen molar-refractivity contribution in [3.8, 4) is 5.75 Å². The molecule has 0 saturated heterocycles. The van der Waals surface area contributed by atoms with Crippen LogP contribution in [0, 0.1) is 0 Å². The minimum atomic E-state index is 0.0890. The monoisotopic (exact) mass is 358 g/mol. The molecule has 1 aliphatic carbocycles. The summed E-state index contributed by atoms with van der Waals surface area (Å²) in [6, 6.07) is 11.5. The summed E-state index contributed by atoms with van der Waals surface area (Å²) in [5, 5.41) is 13.2. The van der Waals surface area contributed by atoms with Gasteiger partial charge in [0.05, 0.1) is 6.20 Å². The molecule has 1 aromatic carbocycles. The summed E-state index contributed by atoms with van der Waals surface area (Å²) in [7, 11) is 0. The molecule has 25 heavy (non-hydrogen) atoms. The molecule has 0 unspecified atom stereocenters. The van der Waals surface area contributed by atoms with E-state index >= 15 is 0 Å². The van der Waals surface area contributed by atoms with E-state index in [2.05, 4.69) is 10.3 Å². The first-order chi connectivity index (χ1) is 12.1. The molecule has 1 aromatic heterocycles. The van der Waals surface area contributed by atoms with Crippen LogP contribution < -0.4 is 5.32 Å². The summed E-state index contributed by atoms with van der Waals surface area (Å²) in [4.78, 5) is 16.5. The number of carbonyl (C=O) groups excluding carboxylic acids is 1. The Bertz CT molecular complexity index is 710. The van der Waals surface area contributed by atoms with Gasteiger partial charge in [0.1, 0.15) is 5.75 Å². The van der Waals surface area contributed by atoms with Crippen molar-refractivity contribution in [3.05, 3.63) is 58.9 Å². The highest BCUT2D eigenvalue weighted by atomic mass is 35.5. The van der Waals surface area contributed by atoms with E-state index in [-0.39, 0.29) is 17.7 Å². The average molecular weight is 359 g/mol. The minimum absolute atomic E-state index is 0.0890. The number of rotatable bonds is 5. The van der Waals surface area contributed by atoms with Gasteiger partial charge in [-0.05, 0) is 55.9 Å². The van der Waals surface area contributed by atoms with Gasteiger partial charge in [-0.15, -0.1) is 0 Å². The number of hydrogen-bond acceptors (Lipinski definition) is 3. The molecule has 1 amide bonds. The van der Waals surface area contributed by atoms with E-state index in [1.165, 1.54) is 6.20 Å².